The van der Waals surface area contributed by atoms with Crippen molar-refractivity contribution in [1.29, 1.82) is 0 Å². The van der Waals surface area contributed by atoms with Gasteiger partial charge in [-0.2, -0.15) is 0 Å². The maximum absolute atomic E-state index is 11.7. The summed E-state index contributed by atoms with van der Waals surface area (Å²) in [4.78, 5) is 15.8. The minimum atomic E-state index is 0.0573. The number of hydrogen-bond donors (Lipinski definition) is 1. The van der Waals surface area contributed by atoms with Crippen LogP contribution in [0.1, 0.15) is 17.8 Å². The van der Waals surface area contributed by atoms with Gasteiger partial charge in [-0.25, -0.2) is 0 Å². The third-order valence-corrected chi connectivity index (χ3v) is 2.85. The first-order valence-electron chi connectivity index (χ1n) is 6.02. The molecule has 0 aliphatic carbocycles. The van der Waals surface area contributed by atoms with Crippen LogP contribution in [0.3, 0.4) is 0 Å². The fourth-order valence-electron chi connectivity index (χ4n) is 1.78. The highest BCUT2D eigenvalue weighted by Crippen LogP contribution is 2.03. The Balaban J connectivity index is 1.75. The van der Waals surface area contributed by atoms with Crippen LogP contribution in [-0.4, -0.2) is 15.5 Å². The van der Waals surface area contributed by atoms with Gasteiger partial charge >= 0.3 is 0 Å². The number of aryl methyl sites for hydroxylation is 2. The molecule has 0 aromatic carbocycles. The summed E-state index contributed by atoms with van der Waals surface area (Å²) >= 11 is 0. The van der Waals surface area contributed by atoms with E-state index in [9.17, 15) is 4.79 Å². The van der Waals surface area contributed by atoms with Gasteiger partial charge in [0.1, 0.15) is 0 Å². The number of carbonyl (C=O) groups excluding carboxylic acids is 1. The summed E-state index contributed by atoms with van der Waals surface area (Å²) in [6.45, 7) is 0.493. The second kappa shape index (κ2) is 6.00. The molecule has 0 saturated carbocycles. The topological polar surface area (TPSA) is 46.9 Å². The fraction of sp³-hybridized carbons (Fsp3) is 0.286. The maximum atomic E-state index is 11.7. The molecule has 2 aromatic heterocycles. The Morgan fingerprint density at radius 3 is 2.89 bits per heavy atom. The van der Waals surface area contributed by atoms with E-state index in [0.29, 0.717) is 13.0 Å². The molecule has 0 bridgehead atoms. The second-order valence-corrected chi connectivity index (χ2v) is 4.21. The Morgan fingerprint density at radius 1 is 1.33 bits per heavy atom. The molecule has 2 rings (SSSR count). The molecule has 0 spiro atoms. The molecule has 4 nitrogen and oxygen atoms in total. The Kier molecular flexibility index (Phi) is 4.12. The van der Waals surface area contributed by atoms with E-state index in [1.807, 2.05) is 48.1 Å². The van der Waals surface area contributed by atoms with Crippen molar-refractivity contribution < 1.29 is 4.79 Å². The number of hydrogen-bond acceptors (Lipinski definition) is 2. The van der Waals surface area contributed by atoms with Gasteiger partial charge in [0, 0.05) is 31.6 Å². The van der Waals surface area contributed by atoms with E-state index in [-0.39, 0.29) is 5.91 Å². The standard InChI is InChI=1S/C14H17N3O/c1-17-10-4-6-13(17)7-8-14(18)16-11-12-5-2-3-9-15-12/h2-6,9-10H,7-8,11H2,1H3,(H,16,18). The molecule has 0 fully saturated rings. The van der Waals surface area contributed by atoms with Crippen LogP contribution in [0.15, 0.2) is 42.7 Å². The number of rotatable bonds is 5. The molecule has 0 radical (unpaired) electrons. The van der Waals surface area contributed by atoms with E-state index >= 15 is 0 Å². The zero-order chi connectivity index (χ0) is 12.8. The number of pyridine rings is 1. The van der Waals surface area contributed by atoms with Crippen LogP contribution in [0.2, 0.25) is 0 Å². The molecule has 94 valence electrons. The van der Waals surface area contributed by atoms with Crippen molar-refractivity contribution in [2.45, 2.75) is 19.4 Å². The van der Waals surface area contributed by atoms with Crippen molar-refractivity contribution in [3.63, 3.8) is 0 Å². The zero-order valence-corrected chi connectivity index (χ0v) is 10.5. The predicted octanol–water partition coefficient (Wildman–Crippen LogP) is 1.67. The summed E-state index contributed by atoms with van der Waals surface area (Å²) in [6.07, 6.45) is 4.98. The van der Waals surface area contributed by atoms with Crippen molar-refractivity contribution in [3.05, 3.63) is 54.1 Å². The van der Waals surface area contributed by atoms with Gasteiger partial charge < -0.3 is 9.88 Å². The van der Waals surface area contributed by atoms with Gasteiger partial charge in [0.25, 0.3) is 0 Å². The van der Waals surface area contributed by atoms with E-state index in [2.05, 4.69) is 10.3 Å². The lowest BCUT2D eigenvalue weighted by Crippen LogP contribution is -2.23. The normalized spacial score (nSPS) is 10.3. The van der Waals surface area contributed by atoms with Gasteiger partial charge in [-0.1, -0.05) is 6.07 Å². The molecular formula is C14H17N3O. The molecule has 0 unspecified atom stereocenters. The minimum absolute atomic E-state index is 0.0573. The van der Waals surface area contributed by atoms with Crippen LogP contribution >= 0.6 is 0 Å². The molecule has 18 heavy (non-hydrogen) atoms. The number of carbonyl (C=O) groups is 1. The highest BCUT2D eigenvalue weighted by atomic mass is 16.1. The smallest absolute Gasteiger partial charge is 0.220 e. The molecule has 2 heterocycles. The number of amides is 1. The molecule has 0 atom stereocenters. The van der Waals surface area contributed by atoms with Gasteiger partial charge in [-0.05, 0) is 30.7 Å². The van der Waals surface area contributed by atoms with Gasteiger partial charge in [0.05, 0.1) is 12.2 Å². The summed E-state index contributed by atoms with van der Waals surface area (Å²) in [5.41, 5.74) is 2.05. The lowest BCUT2D eigenvalue weighted by Gasteiger charge is -2.05. The molecule has 2 aromatic rings. The lowest BCUT2D eigenvalue weighted by molar-refractivity contribution is -0.121. The van der Waals surface area contributed by atoms with Gasteiger partial charge in [-0.3, -0.25) is 9.78 Å². The molecule has 4 heteroatoms. The first kappa shape index (κ1) is 12.4. The lowest BCUT2D eigenvalue weighted by atomic mass is 10.2. The van der Waals surface area contributed by atoms with Crippen LogP contribution in [0, 0.1) is 0 Å². The second-order valence-electron chi connectivity index (χ2n) is 4.21. The summed E-state index contributed by atoms with van der Waals surface area (Å²) in [5, 5.41) is 2.87. The van der Waals surface area contributed by atoms with Crippen LogP contribution < -0.4 is 5.32 Å². The molecule has 1 amide bonds. The van der Waals surface area contributed by atoms with E-state index < -0.39 is 0 Å². The monoisotopic (exact) mass is 243 g/mol. The van der Waals surface area contributed by atoms with Gasteiger partial charge in [0.15, 0.2) is 0 Å². The Morgan fingerprint density at radius 2 is 2.22 bits per heavy atom. The van der Waals surface area contributed by atoms with Gasteiger partial charge in [0.2, 0.25) is 5.91 Å². The average molecular weight is 243 g/mol. The van der Waals surface area contributed by atoms with Crippen molar-refractivity contribution in [2.24, 2.45) is 7.05 Å². The number of nitrogens with one attached hydrogen (secondary N) is 1. The minimum Gasteiger partial charge on any atom is -0.354 e. The fourth-order valence-corrected chi connectivity index (χ4v) is 1.78. The van der Waals surface area contributed by atoms with Crippen LogP contribution in [0.4, 0.5) is 0 Å². The Bertz CT molecular complexity index is 505. The molecule has 0 aliphatic heterocycles. The Labute approximate surface area is 107 Å². The first-order valence-corrected chi connectivity index (χ1v) is 6.02. The van der Waals surface area contributed by atoms with Crippen molar-refractivity contribution >= 4 is 5.91 Å². The summed E-state index contributed by atoms with van der Waals surface area (Å²) in [5.74, 6) is 0.0573. The number of nitrogens with zero attached hydrogens (tertiary/aromatic N) is 2. The average Bonchev–Trinajstić information content (AvgIpc) is 2.81. The Hall–Kier alpha value is -2.10. The zero-order valence-electron chi connectivity index (χ0n) is 10.5. The maximum Gasteiger partial charge on any atom is 0.220 e. The van der Waals surface area contributed by atoms with E-state index in [1.165, 1.54) is 5.69 Å². The van der Waals surface area contributed by atoms with E-state index in [4.69, 9.17) is 0 Å². The summed E-state index contributed by atoms with van der Waals surface area (Å²) in [7, 11) is 1.99. The highest BCUT2D eigenvalue weighted by Gasteiger charge is 2.04. The van der Waals surface area contributed by atoms with Crippen molar-refractivity contribution in [1.82, 2.24) is 14.9 Å². The third kappa shape index (κ3) is 3.45. The highest BCUT2D eigenvalue weighted by molar-refractivity contribution is 5.76. The van der Waals surface area contributed by atoms with Crippen molar-refractivity contribution in [2.75, 3.05) is 0 Å². The van der Waals surface area contributed by atoms with E-state index in [0.717, 1.165) is 12.1 Å². The summed E-state index contributed by atoms with van der Waals surface area (Å²) < 4.78 is 2.03. The van der Waals surface area contributed by atoms with Crippen LogP contribution in [0.25, 0.3) is 0 Å². The first-order chi connectivity index (χ1) is 8.75. The SMILES string of the molecule is Cn1cccc1CCC(=O)NCc1ccccn1. The quantitative estimate of drug-likeness (QED) is 0.868. The van der Waals surface area contributed by atoms with Crippen LogP contribution in [0.5, 0.6) is 0 Å². The summed E-state index contributed by atoms with van der Waals surface area (Å²) in [6, 6.07) is 9.70. The van der Waals surface area contributed by atoms with Gasteiger partial charge in [-0.15, -0.1) is 0 Å². The molecular weight excluding hydrogens is 226 g/mol. The number of aromatic nitrogens is 2. The van der Waals surface area contributed by atoms with Crippen LogP contribution in [-0.2, 0) is 24.8 Å². The van der Waals surface area contributed by atoms with E-state index in [1.54, 1.807) is 6.20 Å². The molecule has 1 N–H and O–H groups in total. The molecule has 0 aliphatic rings. The molecule has 0 saturated heterocycles. The largest absolute Gasteiger partial charge is 0.354 e. The third-order valence-electron chi connectivity index (χ3n) is 2.85. The predicted molar refractivity (Wildman–Crippen MR) is 69.8 cm³/mol. The van der Waals surface area contributed by atoms with Crippen molar-refractivity contribution in [3.8, 4) is 0 Å².